The van der Waals surface area contributed by atoms with Crippen molar-refractivity contribution < 1.29 is 4.42 Å². The van der Waals surface area contributed by atoms with E-state index in [4.69, 9.17) is 27.6 Å². The van der Waals surface area contributed by atoms with E-state index in [1.54, 1.807) is 0 Å². The highest BCUT2D eigenvalue weighted by atomic mass is 35.5. The van der Waals surface area contributed by atoms with Gasteiger partial charge in [-0.25, -0.2) is 4.68 Å². The van der Waals surface area contributed by atoms with Crippen molar-refractivity contribution in [1.82, 2.24) is 20.0 Å². The summed E-state index contributed by atoms with van der Waals surface area (Å²) in [6.45, 7) is 3.99. The molecule has 2 heterocycles. The number of aromatic nitrogens is 4. The van der Waals surface area contributed by atoms with Crippen LogP contribution in [0.15, 0.2) is 15.4 Å². The van der Waals surface area contributed by atoms with Gasteiger partial charge in [-0.3, -0.25) is 4.79 Å². The van der Waals surface area contributed by atoms with Gasteiger partial charge in [0.05, 0.1) is 11.2 Å². The summed E-state index contributed by atoms with van der Waals surface area (Å²) in [6, 6.07) is -0.449. The average Bonchev–Trinajstić information content (AvgIpc) is 2.94. The Balaban J connectivity index is 2.34. The van der Waals surface area contributed by atoms with Crippen molar-refractivity contribution in [2.45, 2.75) is 45.6 Å². The fraction of sp³-hybridized carbons (Fsp3) is 0.538. The number of halogens is 2. The molecule has 0 N–H and O–H groups in total. The summed E-state index contributed by atoms with van der Waals surface area (Å²) in [5.74, 6) is 0.926. The van der Waals surface area contributed by atoms with Crippen molar-refractivity contribution in [3.63, 3.8) is 0 Å². The summed E-state index contributed by atoms with van der Waals surface area (Å²) in [5, 5.41) is 12.1. The molecule has 0 bridgehead atoms. The lowest BCUT2D eigenvalue weighted by molar-refractivity contribution is 0.356. The Morgan fingerprint density at radius 3 is 2.76 bits per heavy atom. The lowest BCUT2D eigenvalue weighted by atomic mass is 10.2. The van der Waals surface area contributed by atoms with Gasteiger partial charge >= 0.3 is 0 Å². The fourth-order valence-corrected chi connectivity index (χ4v) is 2.19. The van der Waals surface area contributed by atoms with Crippen molar-refractivity contribution in [2.75, 3.05) is 0 Å². The second-order valence-corrected chi connectivity index (χ2v) is 5.40. The molecular formula is C13H16Cl2N4O2. The molecule has 0 radical (unpaired) electrons. The van der Waals surface area contributed by atoms with Gasteiger partial charge in [-0.2, -0.15) is 5.10 Å². The van der Waals surface area contributed by atoms with E-state index >= 15 is 0 Å². The Hall–Kier alpha value is -1.40. The number of rotatable bonds is 6. The minimum absolute atomic E-state index is 0.0594. The van der Waals surface area contributed by atoms with E-state index in [9.17, 15) is 4.79 Å². The quantitative estimate of drug-likeness (QED) is 0.812. The van der Waals surface area contributed by atoms with Crippen LogP contribution < -0.4 is 5.56 Å². The molecule has 2 aromatic heterocycles. The SMILES string of the molecule is CCCCc1nnc(C(CC)n2ncc(Cl)c(Cl)c2=O)o1. The van der Waals surface area contributed by atoms with Crippen LogP contribution in [0.2, 0.25) is 10.0 Å². The van der Waals surface area contributed by atoms with Crippen LogP contribution in [0.4, 0.5) is 0 Å². The normalized spacial score (nSPS) is 12.6. The van der Waals surface area contributed by atoms with E-state index in [1.807, 2.05) is 6.92 Å². The number of hydrogen-bond acceptors (Lipinski definition) is 5. The molecule has 1 atom stereocenters. The minimum Gasteiger partial charge on any atom is -0.423 e. The zero-order valence-corrected chi connectivity index (χ0v) is 13.4. The molecule has 114 valence electrons. The third kappa shape index (κ3) is 3.44. The third-order valence-corrected chi connectivity index (χ3v) is 3.84. The Morgan fingerprint density at radius 2 is 2.10 bits per heavy atom. The predicted molar refractivity (Wildman–Crippen MR) is 79.9 cm³/mol. The Bertz CT molecular complexity index is 668. The Morgan fingerprint density at radius 1 is 1.33 bits per heavy atom. The van der Waals surface area contributed by atoms with Crippen LogP contribution >= 0.6 is 23.2 Å². The molecule has 0 aromatic carbocycles. The summed E-state index contributed by atoms with van der Waals surface area (Å²) < 4.78 is 6.85. The lowest BCUT2D eigenvalue weighted by Crippen LogP contribution is -2.28. The fourth-order valence-electron chi connectivity index (χ4n) is 1.93. The molecule has 21 heavy (non-hydrogen) atoms. The molecule has 0 aliphatic carbocycles. The monoisotopic (exact) mass is 330 g/mol. The van der Waals surface area contributed by atoms with Crippen molar-refractivity contribution in [1.29, 1.82) is 0 Å². The zero-order chi connectivity index (χ0) is 15.4. The number of aryl methyl sites for hydroxylation is 1. The maximum absolute atomic E-state index is 12.1. The van der Waals surface area contributed by atoms with Crippen LogP contribution in [-0.4, -0.2) is 20.0 Å². The maximum atomic E-state index is 12.1. The van der Waals surface area contributed by atoms with E-state index in [0.717, 1.165) is 19.3 Å². The molecule has 0 aliphatic rings. The third-order valence-electron chi connectivity index (χ3n) is 3.09. The van der Waals surface area contributed by atoms with E-state index < -0.39 is 11.6 Å². The van der Waals surface area contributed by atoms with E-state index in [2.05, 4.69) is 22.2 Å². The van der Waals surface area contributed by atoms with Crippen LogP contribution in [0, 0.1) is 0 Å². The highest BCUT2D eigenvalue weighted by molar-refractivity contribution is 6.41. The molecule has 8 heteroatoms. The first-order valence-electron chi connectivity index (χ1n) is 6.83. The smallest absolute Gasteiger partial charge is 0.287 e. The summed E-state index contributed by atoms with van der Waals surface area (Å²) in [5.41, 5.74) is -0.468. The van der Waals surface area contributed by atoms with Crippen LogP contribution in [0.5, 0.6) is 0 Å². The van der Waals surface area contributed by atoms with Gasteiger partial charge in [-0.1, -0.05) is 43.5 Å². The Kier molecular flexibility index (Phi) is 5.36. The minimum atomic E-state index is -0.468. The van der Waals surface area contributed by atoms with Crippen LogP contribution in [0.25, 0.3) is 0 Å². The molecule has 6 nitrogen and oxygen atoms in total. The summed E-state index contributed by atoms with van der Waals surface area (Å²) in [7, 11) is 0. The summed E-state index contributed by atoms with van der Waals surface area (Å²) in [4.78, 5) is 12.1. The van der Waals surface area contributed by atoms with Gasteiger partial charge in [0.15, 0.2) is 0 Å². The zero-order valence-electron chi connectivity index (χ0n) is 11.8. The molecule has 0 saturated carbocycles. The number of unbranched alkanes of at least 4 members (excludes halogenated alkanes) is 1. The highest BCUT2D eigenvalue weighted by Crippen LogP contribution is 2.21. The molecule has 1 unspecified atom stereocenters. The first-order chi connectivity index (χ1) is 10.1. The standard InChI is InChI=1S/C13H16Cl2N4O2/c1-3-5-6-10-17-18-12(21-10)9(4-2)19-13(20)11(15)8(14)7-16-19/h7,9H,3-6H2,1-2H3. The molecule has 0 aliphatic heterocycles. The van der Waals surface area contributed by atoms with Crippen LogP contribution in [0.3, 0.4) is 0 Å². The lowest BCUT2D eigenvalue weighted by Gasteiger charge is -2.13. The second kappa shape index (κ2) is 7.04. The largest absolute Gasteiger partial charge is 0.423 e. The summed E-state index contributed by atoms with van der Waals surface area (Å²) >= 11 is 11.7. The number of hydrogen-bond donors (Lipinski definition) is 0. The van der Waals surface area contributed by atoms with Crippen molar-refractivity contribution in [3.8, 4) is 0 Å². The number of nitrogens with zero attached hydrogens (tertiary/aromatic N) is 4. The van der Waals surface area contributed by atoms with E-state index in [-0.39, 0.29) is 10.0 Å². The van der Waals surface area contributed by atoms with Crippen LogP contribution in [-0.2, 0) is 6.42 Å². The average molecular weight is 331 g/mol. The first-order valence-corrected chi connectivity index (χ1v) is 7.59. The van der Waals surface area contributed by atoms with Gasteiger partial charge in [0.25, 0.3) is 5.56 Å². The van der Waals surface area contributed by atoms with Gasteiger partial charge in [-0.05, 0) is 12.8 Å². The molecule has 0 spiro atoms. The topological polar surface area (TPSA) is 73.8 Å². The van der Waals surface area contributed by atoms with Crippen molar-refractivity contribution in [2.24, 2.45) is 0 Å². The molecule has 2 aromatic rings. The molecule has 0 fully saturated rings. The molecule has 0 saturated heterocycles. The predicted octanol–water partition coefficient (Wildman–Crippen LogP) is 3.28. The highest BCUT2D eigenvalue weighted by Gasteiger charge is 2.22. The van der Waals surface area contributed by atoms with E-state index in [0.29, 0.717) is 18.2 Å². The van der Waals surface area contributed by atoms with E-state index in [1.165, 1.54) is 10.9 Å². The maximum Gasteiger partial charge on any atom is 0.287 e. The first kappa shape index (κ1) is 16.0. The van der Waals surface area contributed by atoms with Crippen molar-refractivity contribution >= 4 is 23.2 Å². The van der Waals surface area contributed by atoms with Gasteiger partial charge in [0.2, 0.25) is 11.8 Å². The summed E-state index contributed by atoms with van der Waals surface area (Å²) in [6.07, 6.45) is 4.65. The van der Waals surface area contributed by atoms with Crippen molar-refractivity contribution in [3.05, 3.63) is 38.4 Å². The molecule has 2 rings (SSSR count). The Labute approximate surface area is 132 Å². The van der Waals surface area contributed by atoms with Gasteiger partial charge in [0.1, 0.15) is 11.1 Å². The van der Waals surface area contributed by atoms with Gasteiger partial charge in [-0.15, -0.1) is 10.2 Å². The molecule has 0 amide bonds. The van der Waals surface area contributed by atoms with Gasteiger partial charge < -0.3 is 4.42 Å². The van der Waals surface area contributed by atoms with Gasteiger partial charge in [0, 0.05) is 6.42 Å². The molecular weight excluding hydrogens is 315 g/mol. The van der Waals surface area contributed by atoms with Crippen LogP contribution in [0.1, 0.15) is 50.9 Å². The second-order valence-electron chi connectivity index (χ2n) is 4.62.